The van der Waals surface area contributed by atoms with Gasteiger partial charge >= 0.3 is 0 Å². The van der Waals surface area contributed by atoms with Crippen LogP contribution in [0.5, 0.6) is 0 Å². The van der Waals surface area contributed by atoms with Crippen LogP contribution in [-0.4, -0.2) is 10.6 Å². The van der Waals surface area contributed by atoms with Crippen LogP contribution in [0.15, 0.2) is 120 Å². The van der Waals surface area contributed by atoms with Gasteiger partial charge in [0.15, 0.2) is 0 Å². The van der Waals surface area contributed by atoms with Gasteiger partial charge in [0.1, 0.15) is 6.07 Å². The molecular weight excluding hydrogens is 536 g/mol. The molecule has 0 amide bonds. The largest absolute Gasteiger partial charge is 0.331 e. The van der Waals surface area contributed by atoms with Gasteiger partial charge in [-0.25, -0.2) is 0 Å². The van der Waals surface area contributed by atoms with Crippen molar-refractivity contribution in [1.82, 2.24) is 4.57 Å². The summed E-state index contributed by atoms with van der Waals surface area (Å²) in [5.41, 5.74) is 7.35. The second kappa shape index (κ2) is 9.33. The van der Waals surface area contributed by atoms with Crippen molar-refractivity contribution in [2.24, 2.45) is 5.92 Å². The number of allylic oxidation sites excluding steroid dienone is 2. The molecule has 44 heavy (non-hydrogen) atoms. The third-order valence-electron chi connectivity index (χ3n) is 9.58. The number of nitrogens with zero attached hydrogens (tertiary/aromatic N) is 4. The van der Waals surface area contributed by atoms with E-state index in [4.69, 9.17) is 0 Å². The summed E-state index contributed by atoms with van der Waals surface area (Å²) in [6, 6.07) is 38.6. The smallest absolute Gasteiger partial charge is 0.101 e. The lowest BCUT2D eigenvalue weighted by atomic mass is 9.85. The van der Waals surface area contributed by atoms with Gasteiger partial charge in [-0.15, -0.1) is 0 Å². The molecule has 2 heterocycles. The van der Waals surface area contributed by atoms with E-state index in [0.717, 1.165) is 51.4 Å². The van der Waals surface area contributed by atoms with Crippen molar-refractivity contribution in [3.05, 3.63) is 142 Å². The molecule has 0 N–H and O–H groups in total. The zero-order valence-corrected chi connectivity index (χ0v) is 23.9. The first-order valence-corrected chi connectivity index (χ1v) is 15.1. The summed E-state index contributed by atoms with van der Waals surface area (Å²) in [4.78, 5) is 2.39. The molecule has 6 aromatic rings. The van der Waals surface area contributed by atoms with Crippen molar-refractivity contribution >= 4 is 50.4 Å². The molecule has 0 spiro atoms. The highest BCUT2D eigenvalue weighted by atomic mass is 15.2. The van der Waals surface area contributed by atoms with E-state index in [2.05, 4.69) is 131 Å². The van der Waals surface area contributed by atoms with E-state index in [-0.39, 0.29) is 12.0 Å². The highest BCUT2D eigenvalue weighted by Gasteiger charge is 2.41. The lowest BCUT2D eigenvalue weighted by Gasteiger charge is -2.33. The van der Waals surface area contributed by atoms with E-state index in [0.29, 0.717) is 11.1 Å². The standard InChI is InChI=1S/C40H26N4/c41-23-25-17-30(24-42)40(44-36-16-8-6-14-32(36)34-20-27-10-2-4-12-29(27)22-38(34)44)39(18-25)43-35-15-7-5-13-31(35)33-19-26-9-1-3-11-28(26)21-37(33)43/h1-5,7-13,15-22,34,38H,6,14H2. The van der Waals surface area contributed by atoms with Crippen molar-refractivity contribution in [1.29, 1.82) is 10.5 Å². The summed E-state index contributed by atoms with van der Waals surface area (Å²) in [5, 5.41) is 28.0. The van der Waals surface area contributed by atoms with Crippen LogP contribution in [0.2, 0.25) is 0 Å². The Morgan fingerprint density at radius 3 is 2.27 bits per heavy atom. The Morgan fingerprint density at radius 2 is 1.45 bits per heavy atom. The van der Waals surface area contributed by atoms with Crippen molar-refractivity contribution in [3.8, 4) is 17.8 Å². The van der Waals surface area contributed by atoms with Gasteiger partial charge in [0.25, 0.3) is 0 Å². The monoisotopic (exact) mass is 562 g/mol. The molecule has 4 nitrogen and oxygen atoms in total. The molecule has 5 aromatic carbocycles. The first-order valence-electron chi connectivity index (χ1n) is 15.1. The van der Waals surface area contributed by atoms with E-state index in [9.17, 15) is 10.5 Å². The number of para-hydroxylation sites is 1. The van der Waals surface area contributed by atoms with Crippen LogP contribution in [0.25, 0.3) is 50.4 Å². The molecule has 0 saturated carbocycles. The number of anilines is 1. The second-order valence-electron chi connectivity index (χ2n) is 11.9. The Balaban J connectivity index is 1.41. The van der Waals surface area contributed by atoms with Gasteiger partial charge in [-0.3, -0.25) is 0 Å². The Bertz CT molecular complexity index is 2500. The van der Waals surface area contributed by atoms with Gasteiger partial charge in [0.2, 0.25) is 0 Å². The molecule has 2 unspecified atom stereocenters. The zero-order chi connectivity index (χ0) is 29.4. The Kier molecular flexibility index (Phi) is 5.24. The third kappa shape index (κ3) is 3.43. The van der Waals surface area contributed by atoms with Crippen molar-refractivity contribution in [2.45, 2.75) is 18.9 Å². The van der Waals surface area contributed by atoms with Gasteiger partial charge in [0.05, 0.1) is 45.6 Å². The van der Waals surface area contributed by atoms with Gasteiger partial charge in [0, 0.05) is 22.4 Å². The molecule has 1 aliphatic heterocycles. The van der Waals surface area contributed by atoms with Crippen LogP contribution in [0.1, 0.15) is 24.0 Å². The van der Waals surface area contributed by atoms with Gasteiger partial charge in [-0.05, 0) is 76.0 Å². The summed E-state index contributed by atoms with van der Waals surface area (Å²) >= 11 is 0. The highest BCUT2D eigenvalue weighted by molar-refractivity contribution is 6.14. The minimum absolute atomic E-state index is 0.0188. The molecule has 1 aromatic heterocycles. The quantitative estimate of drug-likeness (QED) is 0.222. The molecule has 4 heteroatoms. The Labute approximate surface area is 254 Å². The number of aromatic nitrogens is 1. The molecular formula is C40H26N4. The minimum atomic E-state index is 0.0188. The maximum Gasteiger partial charge on any atom is 0.101 e. The topological polar surface area (TPSA) is 55.8 Å². The van der Waals surface area contributed by atoms with Gasteiger partial charge in [-0.1, -0.05) is 85.0 Å². The lowest BCUT2D eigenvalue weighted by Crippen LogP contribution is -2.41. The maximum atomic E-state index is 10.7. The maximum absolute atomic E-state index is 10.7. The van der Waals surface area contributed by atoms with E-state index >= 15 is 0 Å². The summed E-state index contributed by atoms with van der Waals surface area (Å²) in [6.07, 6.45) is 11.3. The molecule has 0 saturated heterocycles. The van der Waals surface area contributed by atoms with Crippen LogP contribution in [-0.2, 0) is 0 Å². The van der Waals surface area contributed by atoms with Crippen LogP contribution >= 0.6 is 0 Å². The molecule has 0 fully saturated rings. The fourth-order valence-corrected chi connectivity index (χ4v) is 7.71. The highest BCUT2D eigenvalue weighted by Crippen LogP contribution is 2.48. The van der Waals surface area contributed by atoms with E-state index in [1.165, 1.54) is 27.1 Å². The van der Waals surface area contributed by atoms with Crippen LogP contribution < -0.4 is 15.3 Å². The number of fused-ring (bicyclic) bond motifs is 7. The van der Waals surface area contributed by atoms with Gasteiger partial charge < -0.3 is 9.47 Å². The molecule has 2 atom stereocenters. The number of hydrogen-bond donors (Lipinski definition) is 0. The summed E-state index contributed by atoms with van der Waals surface area (Å²) in [6.45, 7) is 0. The fraction of sp³-hybridized carbons (Fsp3) is 0.100. The van der Waals surface area contributed by atoms with E-state index in [1.807, 2.05) is 6.07 Å². The van der Waals surface area contributed by atoms with Crippen LogP contribution in [0.4, 0.5) is 5.69 Å². The van der Waals surface area contributed by atoms with Crippen LogP contribution in [0.3, 0.4) is 0 Å². The van der Waals surface area contributed by atoms with Crippen LogP contribution in [0, 0.1) is 28.6 Å². The summed E-state index contributed by atoms with van der Waals surface area (Å²) in [5.74, 6) is 0.210. The van der Waals surface area contributed by atoms with E-state index in [1.54, 1.807) is 6.07 Å². The Morgan fingerprint density at radius 1 is 0.705 bits per heavy atom. The van der Waals surface area contributed by atoms with Gasteiger partial charge in [-0.2, -0.15) is 10.5 Å². The van der Waals surface area contributed by atoms with E-state index < -0.39 is 0 Å². The van der Waals surface area contributed by atoms with Crippen molar-refractivity contribution in [2.75, 3.05) is 4.90 Å². The molecule has 0 radical (unpaired) electrons. The number of hydrogen-bond acceptors (Lipinski definition) is 3. The first kappa shape index (κ1) is 24.7. The normalized spacial score (nSPS) is 18.4. The fourth-order valence-electron chi connectivity index (χ4n) is 7.71. The number of benzene rings is 5. The molecule has 9 rings (SSSR count). The molecule has 2 aliphatic carbocycles. The molecule has 3 aliphatic rings. The average molecular weight is 563 g/mol. The number of nitriles is 2. The minimum Gasteiger partial charge on any atom is -0.331 e. The second-order valence-corrected chi connectivity index (χ2v) is 11.9. The zero-order valence-electron chi connectivity index (χ0n) is 23.9. The molecule has 0 bridgehead atoms. The summed E-state index contributed by atoms with van der Waals surface area (Å²) < 4.78 is 2.27. The predicted octanol–water partition coefficient (Wildman–Crippen LogP) is 7.36. The summed E-state index contributed by atoms with van der Waals surface area (Å²) in [7, 11) is 0. The predicted molar refractivity (Wildman–Crippen MR) is 177 cm³/mol. The third-order valence-corrected chi connectivity index (χ3v) is 9.58. The average Bonchev–Trinajstić information content (AvgIpc) is 3.57. The number of rotatable bonds is 2. The Hall–Kier alpha value is -5.84. The lowest BCUT2D eigenvalue weighted by molar-refractivity contribution is 0.708. The van der Waals surface area contributed by atoms with Crippen molar-refractivity contribution in [3.63, 3.8) is 0 Å². The van der Waals surface area contributed by atoms with Crippen molar-refractivity contribution < 1.29 is 0 Å². The first-order chi connectivity index (χ1) is 21.7. The SMILES string of the molecule is N#Cc1cc(C#N)c(N2C3=C(CCC=C3)C3C=c4ccccc4=CC32)c(-n2c3ccccc3c3cc4ccccc4cc32)c1. The molecule has 206 valence electrons.